The average Bonchev–Trinajstić information content (AvgIpc) is 2.51. The first kappa shape index (κ1) is 18.1. The molecule has 0 saturated heterocycles. The molecule has 0 unspecified atom stereocenters. The molecule has 0 saturated carbocycles. The van der Waals surface area contributed by atoms with E-state index in [1.165, 1.54) is 17.1 Å². The second-order valence-electron chi connectivity index (χ2n) is 5.00. The summed E-state index contributed by atoms with van der Waals surface area (Å²) in [6, 6.07) is 3.16. The number of alkyl halides is 3. The van der Waals surface area contributed by atoms with Crippen molar-refractivity contribution in [2.75, 3.05) is 6.54 Å². The number of aromatic nitrogens is 2. The Labute approximate surface area is 136 Å². The maximum absolute atomic E-state index is 12.5. The third-order valence-corrected chi connectivity index (χ3v) is 4.69. The molecule has 0 fully saturated rings. The van der Waals surface area contributed by atoms with Crippen LogP contribution in [-0.2, 0) is 22.7 Å². The van der Waals surface area contributed by atoms with E-state index >= 15 is 0 Å². The van der Waals surface area contributed by atoms with Crippen molar-refractivity contribution in [1.29, 1.82) is 0 Å². The van der Waals surface area contributed by atoms with E-state index in [0.29, 0.717) is 17.7 Å². The van der Waals surface area contributed by atoms with Crippen molar-refractivity contribution in [3.63, 3.8) is 0 Å². The Hall–Kier alpha value is -2.20. The van der Waals surface area contributed by atoms with Crippen molar-refractivity contribution < 1.29 is 21.6 Å². The fourth-order valence-corrected chi connectivity index (χ4v) is 2.95. The van der Waals surface area contributed by atoms with Gasteiger partial charge in [0.15, 0.2) is 0 Å². The molecule has 2 rings (SSSR count). The predicted molar refractivity (Wildman–Crippen MR) is 79.9 cm³/mol. The van der Waals surface area contributed by atoms with Gasteiger partial charge in [-0.15, -0.1) is 0 Å². The van der Waals surface area contributed by atoms with Crippen molar-refractivity contribution in [3.8, 4) is 0 Å². The highest BCUT2D eigenvalue weighted by Crippen LogP contribution is 2.29. The van der Waals surface area contributed by atoms with Crippen LogP contribution in [0.25, 0.3) is 0 Å². The standard InChI is InChI=1S/C14H14F3N3O3S/c1-10-8-18-9-20(13(10)21)7-6-19-24(22,23)12-4-2-11(3-5-12)14(15,16)17/h2-5,8-9,19H,6-7H2,1H3. The van der Waals surface area contributed by atoms with Gasteiger partial charge in [-0.1, -0.05) is 0 Å². The highest BCUT2D eigenvalue weighted by atomic mass is 32.2. The maximum Gasteiger partial charge on any atom is 0.416 e. The first-order chi connectivity index (χ1) is 11.1. The molecule has 0 spiro atoms. The number of rotatable bonds is 5. The van der Waals surface area contributed by atoms with Crippen LogP contribution in [0.15, 0.2) is 46.5 Å². The average molecular weight is 361 g/mol. The summed E-state index contributed by atoms with van der Waals surface area (Å²) >= 11 is 0. The van der Waals surface area contributed by atoms with Crippen LogP contribution in [0.1, 0.15) is 11.1 Å². The van der Waals surface area contributed by atoms with E-state index in [9.17, 15) is 26.4 Å². The lowest BCUT2D eigenvalue weighted by molar-refractivity contribution is -0.137. The van der Waals surface area contributed by atoms with Gasteiger partial charge in [-0.05, 0) is 31.2 Å². The number of aryl methyl sites for hydroxylation is 1. The Morgan fingerprint density at radius 2 is 1.83 bits per heavy atom. The topological polar surface area (TPSA) is 81.1 Å². The number of nitrogens with one attached hydrogen (secondary N) is 1. The number of halogens is 3. The largest absolute Gasteiger partial charge is 0.416 e. The molecule has 1 aromatic heterocycles. The minimum absolute atomic E-state index is 0.0490. The number of hydrogen-bond acceptors (Lipinski definition) is 4. The van der Waals surface area contributed by atoms with E-state index < -0.39 is 21.8 Å². The molecule has 130 valence electrons. The first-order valence-electron chi connectivity index (χ1n) is 6.79. The third kappa shape index (κ3) is 4.20. The molecule has 0 atom stereocenters. The van der Waals surface area contributed by atoms with E-state index in [1.807, 2.05) is 0 Å². The van der Waals surface area contributed by atoms with Gasteiger partial charge in [0.2, 0.25) is 10.0 Å². The van der Waals surface area contributed by atoms with Gasteiger partial charge < -0.3 is 0 Å². The fourth-order valence-electron chi connectivity index (χ4n) is 1.93. The second kappa shape index (κ2) is 6.73. The molecule has 24 heavy (non-hydrogen) atoms. The SMILES string of the molecule is Cc1cncn(CCNS(=O)(=O)c2ccc(C(F)(F)F)cc2)c1=O. The van der Waals surface area contributed by atoms with Crippen molar-refractivity contribution in [2.24, 2.45) is 0 Å². The summed E-state index contributed by atoms with van der Waals surface area (Å²) in [7, 11) is -3.97. The highest BCUT2D eigenvalue weighted by molar-refractivity contribution is 7.89. The van der Waals surface area contributed by atoms with Crippen molar-refractivity contribution in [3.05, 3.63) is 58.3 Å². The van der Waals surface area contributed by atoms with Gasteiger partial charge >= 0.3 is 6.18 Å². The van der Waals surface area contributed by atoms with Crippen LogP contribution in [0.3, 0.4) is 0 Å². The molecule has 6 nitrogen and oxygen atoms in total. The Kier molecular flexibility index (Phi) is 5.09. The summed E-state index contributed by atoms with van der Waals surface area (Å²) in [5.74, 6) is 0. The van der Waals surface area contributed by atoms with Crippen LogP contribution >= 0.6 is 0 Å². The normalized spacial score (nSPS) is 12.3. The van der Waals surface area contributed by atoms with E-state index in [4.69, 9.17) is 0 Å². The zero-order valence-electron chi connectivity index (χ0n) is 12.5. The van der Waals surface area contributed by atoms with Crippen LogP contribution in [0.4, 0.5) is 13.2 Å². The number of benzene rings is 1. The number of nitrogens with zero attached hydrogens (tertiary/aromatic N) is 2. The predicted octanol–water partition coefficient (Wildman–Crippen LogP) is 1.55. The molecular weight excluding hydrogens is 347 g/mol. The van der Waals surface area contributed by atoms with Gasteiger partial charge in [0.05, 0.1) is 16.8 Å². The quantitative estimate of drug-likeness (QED) is 0.876. The fraction of sp³-hybridized carbons (Fsp3) is 0.286. The molecule has 0 aliphatic heterocycles. The molecule has 0 bridgehead atoms. The molecule has 0 aliphatic carbocycles. The lowest BCUT2D eigenvalue weighted by Crippen LogP contribution is -2.31. The lowest BCUT2D eigenvalue weighted by Gasteiger charge is -2.10. The maximum atomic E-state index is 12.5. The Morgan fingerprint density at radius 3 is 2.42 bits per heavy atom. The Morgan fingerprint density at radius 1 is 1.21 bits per heavy atom. The zero-order chi connectivity index (χ0) is 18.0. The Balaban J connectivity index is 2.06. The van der Waals surface area contributed by atoms with Crippen LogP contribution in [0.2, 0.25) is 0 Å². The molecule has 0 amide bonds. The van der Waals surface area contributed by atoms with Crippen molar-refractivity contribution in [1.82, 2.24) is 14.3 Å². The minimum atomic E-state index is -4.53. The van der Waals surface area contributed by atoms with Gasteiger partial charge in [0, 0.05) is 24.8 Å². The monoisotopic (exact) mass is 361 g/mol. The van der Waals surface area contributed by atoms with Crippen molar-refractivity contribution in [2.45, 2.75) is 24.5 Å². The Bertz CT molecular complexity index is 875. The van der Waals surface area contributed by atoms with Crippen LogP contribution < -0.4 is 10.3 Å². The highest BCUT2D eigenvalue weighted by Gasteiger charge is 2.30. The van der Waals surface area contributed by atoms with E-state index in [-0.39, 0.29) is 23.5 Å². The molecule has 2 aromatic rings. The third-order valence-electron chi connectivity index (χ3n) is 3.21. The van der Waals surface area contributed by atoms with Gasteiger partial charge in [0.1, 0.15) is 0 Å². The van der Waals surface area contributed by atoms with Gasteiger partial charge in [-0.25, -0.2) is 18.1 Å². The van der Waals surface area contributed by atoms with Gasteiger partial charge in [0.25, 0.3) is 5.56 Å². The summed E-state index contributed by atoms with van der Waals surface area (Å²) in [5.41, 5.74) is -0.805. The molecule has 0 aliphatic rings. The molecule has 1 N–H and O–H groups in total. The van der Waals surface area contributed by atoms with E-state index in [1.54, 1.807) is 6.92 Å². The molecular formula is C14H14F3N3O3S. The van der Waals surface area contributed by atoms with Crippen LogP contribution in [-0.4, -0.2) is 24.5 Å². The van der Waals surface area contributed by atoms with E-state index in [2.05, 4.69) is 9.71 Å². The summed E-state index contributed by atoms with van der Waals surface area (Å²) in [6.45, 7) is 1.53. The summed E-state index contributed by atoms with van der Waals surface area (Å²) < 4.78 is 65.0. The lowest BCUT2D eigenvalue weighted by atomic mass is 10.2. The molecule has 10 heteroatoms. The molecule has 1 aromatic carbocycles. The summed E-state index contributed by atoms with van der Waals surface area (Å²) in [6.07, 6.45) is -1.86. The zero-order valence-corrected chi connectivity index (χ0v) is 13.4. The van der Waals surface area contributed by atoms with Gasteiger partial charge in [-0.3, -0.25) is 9.36 Å². The summed E-state index contributed by atoms with van der Waals surface area (Å²) in [5, 5.41) is 0. The van der Waals surface area contributed by atoms with Crippen molar-refractivity contribution >= 4 is 10.0 Å². The molecule has 1 heterocycles. The number of hydrogen-bond donors (Lipinski definition) is 1. The van der Waals surface area contributed by atoms with E-state index in [0.717, 1.165) is 12.1 Å². The summed E-state index contributed by atoms with van der Waals surface area (Å²) in [4.78, 5) is 15.3. The van der Waals surface area contributed by atoms with Crippen LogP contribution in [0, 0.1) is 6.92 Å². The smallest absolute Gasteiger partial charge is 0.298 e. The molecule has 0 radical (unpaired) electrons. The minimum Gasteiger partial charge on any atom is -0.298 e. The van der Waals surface area contributed by atoms with Crippen LogP contribution in [0.5, 0.6) is 0 Å². The number of sulfonamides is 1. The first-order valence-corrected chi connectivity index (χ1v) is 8.27. The van der Waals surface area contributed by atoms with Gasteiger partial charge in [-0.2, -0.15) is 13.2 Å². The second-order valence-corrected chi connectivity index (χ2v) is 6.76.